The summed E-state index contributed by atoms with van der Waals surface area (Å²) >= 11 is 0. The van der Waals surface area contributed by atoms with Crippen LogP contribution in [0.15, 0.2) is 54.7 Å². The molecule has 2 aromatic carbocycles. The second kappa shape index (κ2) is 10.7. The number of nitrogens with one attached hydrogen (secondary N) is 1. The maximum atomic E-state index is 13.9. The molecule has 0 saturated heterocycles. The number of hydrogen-bond acceptors (Lipinski definition) is 3. The first kappa shape index (κ1) is 25.9. The molecule has 1 aromatic heterocycles. The van der Waals surface area contributed by atoms with Crippen LogP contribution in [0.2, 0.25) is 0 Å². The zero-order chi connectivity index (χ0) is 25.8. The van der Waals surface area contributed by atoms with Crippen molar-refractivity contribution in [2.75, 3.05) is 7.11 Å². The number of alkyl halides is 3. The Balaban J connectivity index is 1.82. The van der Waals surface area contributed by atoms with Gasteiger partial charge in [-0.05, 0) is 66.8 Å². The van der Waals surface area contributed by atoms with E-state index < -0.39 is 17.9 Å². The average Bonchev–Trinajstić information content (AvgIpc) is 2.81. The summed E-state index contributed by atoms with van der Waals surface area (Å²) in [5.41, 5.74) is 2.63. The highest BCUT2D eigenvalue weighted by Gasteiger charge is 2.39. The Morgan fingerprint density at radius 3 is 2.34 bits per heavy atom. The highest BCUT2D eigenvalue weighted by Crippen LogP contribution is 2.38. The van der Waals surface area contributed by atoms with Crippen LogP contribution in [0.25, 0.3) is 6.08 Å². The van der Waals surface area contributed by atoms with Gasteiger partial charge in [-0.3, -0.25) is 9.78 Å². The molecule has 1 heterocycles. The molecule has 1 unspecified atom stereocenters. The number of carbonyl (C=O) groups is 1. The number of pyridine rings is 1. The smallest absolute Gasteiger partial charge is 0.399 e. The van der Waals surface area contributed by atoms with Crippen molar-refractivity contribution in [2.45, 2.75) is 39.4 Å². The maximum absolute atomic E-state index is 13.9. The fourth-order valence-corrected chi connectivity index (χ4v) is 3.66. The Bertz CT molecular complexity index is 1210. The number of ether oxygens (including phenoxy) is 1. The largest absolute Gasteiger partial charge is 0.496 e. The number of carbonyl (C=O) groups excluding carboxylic acids is 1. The lowest BCUT2D eigenvalue weighted by Crippen LogP contribution is -2.23. The molecule has 0 aliphatic rings. The van der Waals surface area contributed by atoms with Crippen LogP contribution < -0.4 is 10.1 Å². The summed E-state index contributed by atoms with van der Waals surface area (Å²) in [6, 6.07) is 10.6. The van der Waals surface area contributed by atoms with E-state index in [0.29, 0.717) is 5.56 Å². The molecule has 0 aliphatic heterocycles. The van der Waals surface area contributed by atoms with Crippen molar-refractivity contribution in [3.05, 3.63) is 99.6 Å². The fraction of sp³-hybridized carbons (Fsp3) is 0.259. The molecule has 0 bridgehead atoms. The van der Waals surface area contributed by atoms with Crippen LogP contribution >= 0.6 is 0 Å². The van der Waals surface area contributed by atoms with Crippen molar-refractivity contribution in [3.63, 3.8) is 0 Å². The molecule has 184 valence electrons. The van der Waals surface area contributed by atoms with Crippen molar-refractivity contribution in [3.8, 4) is 5.75 Å². The van der Waals surface area contributed by atoms with E-state index in [2.05, 4.69) is 10.3 Å². The second-order valence-electron chi connectivity index (χ2n) is 8.30. The van der Waals surface area contributed by atoms with Gasteiger partial charge in [-0.2, -0.15) is 13.2 Å². The lowest BCUT2D eigenvalue weighted by atomic mass is 9.93. The highest BCUT2D eigenvalue weighted by atomic mass is 19.4. The predicted molar refractivity (Wildman–Crippen MR) is 127 cm³/mol. The second-order valence-corrected chi connectivity index (χ2v) is 8.30. The quantitative estimate of drug-likeness (QED) is 0.391. The first-order valence-electron chi connectivity index (χ1n) is 10.9. The Morgan fingerprint density at radius 1 is 1.09 bits per heavy atom. The molecule has 3 aromatic rings. The van der Waals surface area contributed by atoms with Gasteiger partial charge in [-0.25, -0.2) is 4.39 Å². The van der Waals surface area contributed by atoms with Crippen LogP contribution in [-0.2, 0) is 6.54 Å². The van der Waals surface area contributed by atoms with Crippen LogP contribution in [0.3, 0.4) is 0 Å². The minimum absolute atomic E-state index is 0.0429. The summed E-state index contributed by atoms with van der Waals surface area (Å²) in [4.78, 5) is 16.8. The summed E-state index contributed by atoms with van der Waals surface area (Å²) in [5, 5.41) is 2.78. The monoisotopic (exact) mass is 486 g/mol. The van der Waals surface area contributed by atoms with Crippen LogP contribution in [0.4, 0.5) is 17.6 Å². The van der Waals surface area contributed by atoms with Crippen molar-refractivity contribution in [1.82, 2.24) is 10.3 Å². The van der Waals surface area contributed by atoms with E-state index in [0.717, 1.165) is 17.3 Å². The molecule has 1 amide bonds. The molecule has 0 spiro atoms. The minimum atomic E-state index is -4.57. The number of benzene rings is 2. The molecule has 8 heteroatoms. The third kappa shape index (κ3) is 6.47. The first-order valence-corrected chi connectivity index (χ1v) is 10.9. The predicted octanol–water partition coefficient (Wildman–Crippen LogP) is 6.44. The first-order chi connectivity index (χ1) is 16.5. The highest BCUT2D eigenvalue weighted by molar-refractivity contribution is 5.97. The number of rotatable bonds is 7. The molecule has 4 nitrogen and oxygen atoms in total. The van der Waals surface area contributed by atoms with E-state index in [1.54, 1.807) is 6.20 Å². The van der Waals surface area contributed by atoms with E-state index in [1.165, 1.54) is 57.4 Å². The Kier molecular flexibility index (Phi) is 7.94. The van der Waals surface area contributed by atoms with Gasteiger partial charge in [0.2, 0.25) is 0 Å². The number of halogens is 4. The van der Waals surface area contributed by atoms with Gasteiger partial charge >= 0.3 is 6.18 Å². The van der Waals surface area contributed by atoms with E-state index >= 15 is 0 Å². The SMILES string of the molecule is COc1cc(/C=C/C(c2cc(C)c(F)c(C)c2)C(F)(F)F)ccc1C(=O)NCc1ccc(C)nc1. The Labute approximate surface area is 201 Å². The normalized spacial score (nSPS) is 12.6. The minimum Gasteiger partial charge on any atom is -0.496 e. The third-order valence-corrected chi connectivity index (χ3v) is 5.55. The maximum Gasteiger partial charge on any atom is 0.399 e. The lowest BCUT2D eigenvalue weighted by molar-refractivity contribution is -0.139. The summed E-state index contributed by atoms with van der Waals surface area (Å²) in [6.07, 6.45) is -0.566. The Hall–Kier alpha value is -3.68. The van der Waals surface area contributed by atoms with Crippen LogP contribution in [-0.4, -0.2) is 24.2 Å². The van der Waals surface area contributed by atoms with Gasteiger partial charge in [0.05, 0.1) is 18.6 Å². The molecular formula is C27H26F4N2O2. The number of nitrogens with zero attached hydrogens (tertiary/aromatic N) is 1. The standard InChI is InChI=1S/C27H26F4N2O2/c1-16-11-21(12-17(2)25(16)28)23(27(29,30)31)10-8-19-7-9-22(24(13-19)35-4)26(34)33-15-20-6-5-18(3)32-14-20/h5-14,23H,15H2,1-4H3,(H,33,34)/b10-8+. The summed E-state index contributed by atoms with van der Waals surface area (Å²) in [7, 11) is 1.38. The van der Waals surface area contributed by atoms with Gasteiger partial charge in [0.1, 0.15) is 11.6 Å². The third-order valence-electron chi connectivity index (χ3n) is 5.55. The summed E-state index contributed by atoms with van der Waals surface area (Å²) in [5.74, 6) is -2.60. The molecule has 1 N–H and O–H groups in total. The van der Waals surface area contributed by atoms with Crippen LogP contribution in [0.5, 0.6) is 5.75 Å². The van der Waals surface area contributed by atoms with Crippen molar-refractivity contribution in [2.24, 2.45) is 0 Å². The number of aromatic nitrogens is 1. The number of aryl methyl sites for hydroxylation is 3. The van der Waals surface area contributed by atoms with Crippen molar-refractivity contribution < 1.29 is 27.1 Å². The molecule has 0 fully saturated rings. The van der Waals surface area contributed by atoms with Crippen LogP contribution in [0.1, 0.15) is 49.8 Å². The van der Waals surface area contributed by atoms with Crippen LogP contribution in [0, 0.1) is 26.6 Å². The van der Waals surface area contributed by atoms with E-state index in [1.807, 2.05) is 19.1 Å². The number of hydrogen-bond donors (Lipinski definition) is 1. The molecular weight excluding hydrogens is 460 g/mol. The van der Waals surface area contributed by atoms with Gasteiger partial charge in [-0.1, -0.05) is 36.4 Å². The number of amides is 1. The molecule has 1 atom stereocenters. The molecule has 0 saturated carbocycles. The fourth-order valence-electron chi connectivity index (χ4n) is 3.66. The van der Waals surface area contributed by atoms with Crippen molar-refractivity contribution >= 4 is 12.0 Å². The lowest BCUT2D eigenvalue weighted by Gasteiger charge is -2.19. The Morgan fingerprint density at radius 2 is 1.77 bits per heavy atom. The zero-order valence-corrected chi connectivity index (χ0v) is 19.8. The number of methoxy groups -OCH3 is 1. The topological polar surface area (TPSA) is 51.2 Å². The van der Waals surface area contributed by atoms with E-state index in [9.17, 15) is 22.4 Å². The molecule has 35 heavy (non-hydrogen) atoms. The zero-order valence-electron chi connectivity index (χ0n) is 19.8. The van der Waals surface area contributed by atoms with Gasteiger partial charge in [0, 0.05) is 18.4 Å². The molecule has 0 aliphatic carbocycles. The van der Waals surface area contributed by atoms with Gasteiger partial charge < -0.3 is 10.1 Å². The molecule has 0 radical (unpaired) electrons. The van der Waals surface area contributed by atoms with E-state index in [4.69, 9.17) is 4.74 Å². The van der Waals surface area contributed by atoms with Gasteiger partial charge in [-0.15, -0.1) is 0 Å². The van der Waals surface area contributed by atoms with Crippen molar-refractivity contribution in [1.29, 1.82) is 0 Å². The molecule has 3 rings (SSSR count). The summed E-state index contributed by atoms with van der Waals surface area (Å²) < 4.78 is 60.7. The summed E-state index contributed by atoms with van der Waals surface area (Å²) in [6.45, 7) is 5.00. The van der Waals surface area contributed by atoms with Gasteiger partial charge in [0.25, 0.3) is 5.91 Å². The van der Waals surface area contributed by atoms with Gasteiger partial charge in [0.15, 0.2) is 0 Å². The van der Waals surface area contributed by atoms with E-state index in [-0.39, 0.29) is 40.5 Å². The number of allylic oxidation sites excluding steroid dienone is 1. The average molecular weight is 487 g/mol.